The number of nitrogens with two attached hydrogens (primary N) is 1. The van der Waals surface area contributed by atoms with E-state index in [4.69, 9.17) is 5.73 Å². The van der Waals surface area contributed by atoms with Crippen molar-refractivity contribution in [3.05, 3.63) is 12.2 Å². The van der Waals surface area contributed by atoms with Crippen molar-refractivity contribution in [3.8, 4) is 0 Å². The summed E-state index contributed by atoms with van der Waals surface area (Å²) in [6, 6.07) is 0.289. The predicted octanol–water partition coefficient (Wildman–Crippen LogP) is 0.395. The maximum atomic E-state index is 5.73. The van der Waals surface area contributed by atoms with Crippen LogP contribution in [0.25, 0.3) is 0 Å². The van der Waals surface area contributed by atoms with Crippen LogP contribution in [0.15, 0.2) is 6.33 Å². The molecule has 0 bridgehead atoms. The first-order valence-corrected chi connectivity index (χ1v) is 3.48. The highest BCUT2D eigenvalue weighted by Crippen LogP contribution is 2.09. The van der Waals surface area contributed by atoms with Gasteiger partial charge in [-0.25, -0.2) is 0 Å². The average molecular weight is 211 g/mol. The number of nitrogens with zero attached hydrogens (tertiary/aromatic N) is 3. The maximum absolute atomic E-state index is 5.73. The monoisotopic (exact) mass is 210 g/mol. The molecule has 4 nitrogen and oxygen atoms in total. The summed E-state index contributed by atoms with van der Waals surface area (Å²) in [6.07, 6.45) is 3.69. The minimum absolute atomic E-state index is 0. The largest absolute Gasteiger partial charge is 0.327 e. The molecule has 12 heavy (non-hydrogen) atoms. The fraction of sp³-hybridized carbons (Fsp3) is 0.667. The Morgan fingerprint density at radius 1 is 1.50 bits per heavy atom. The molecule has 1 aliphatic rings. The maximum Gasteiger partial charge on any atom is 0.134 e. The zero-order valence-electron chi connectivity index (χ0n) is 6.51. The lowest BCUT2D eigenvalue weighted by Crippen LogP contribution is -2.30. The van der Waals surface area contributed by atoms with Crippen LogP contribution in [0.3, 0.4) is 0 Å². The van der Waals surface area contributed by atoms with Crippen LogP contribution in [0.1, 0.15) is 12.2 Å². The van der Waals surface area contributed by atoms with Gasteiger partial charge in [-0.2, -0.15) is 0 Å². The Hall–Kier alpha value is -0.320. The first kappa shape index (κ1) is 11.7. The molecule has 0 spiro atoms. The van der Waals surface area contributed by atoms with Crippen molar-refractivity contribution in [2.24, 2.45) is 5.73 Å². The molecular formula is C6H12Cl2N4. The third kappa shape index (κ3) is 2.09. The van der Waals surface area contributed by atoms with E-state index < -0.39 is 0 Å². The van der Waals surface area contributed by atoms with Gasteiger partial charge < -0.3 is 10.3 Å². The van der Waals surface area contributed by atoms with Gasteiger partial charge in [-0.15, -0.1) is 35.0 Å². The van der Waals surface area contributed by atoms with Gasteiger partial charge in [0.15, 0.2) is 0 Å². The molecule has 6 heteroatoms. The highest BCUT2D eigenvalue weighted by Gasteiger charge is 2.15. The van der Waals surface area contributed by atoms with Crippen molar-refractivity contribution in [1.29, 1.82) is 0 Å². The predicted molar refractivity (Wildman–Crippen MR) is 50.8 cm³/mol. The molecule has 2 N–H and O–H groups in total. The normalized spacial score (nSPS) is 20.2. The summed E-state index contributed by atoms with van der Waals surface area (Å²) in [5.74, 6) is 1.03. The zero-order chi connectivity index (χ0) is 6.97. The molecule has 0 saturated carbocycles. The molecule has 1 atom stereocenters. The topological polar surface area (TPSA) is 56.7 Å². The Balaban J connectivity index is 0.000000605. The van der Waals surface area contributed by atoms with E-state index in [9.17, 15) is 0 Å². The Morgan fingerprint density at radius 3 is 3.00 bits per heavy atom. The molecule has 1 unspecified atom stereocenters. The summed E-state index contributed by atoms with van der Waals surface area (Å²) in [4.78, 5) is 0. The Labute approximate surface area is 83.4 Å². The van der Waals surface area contributed by atoms with Gasteiger partial charge in [0.25, 0.3) is 0 Å². The number of hydrogen-bond donors (Lipinski definition) is 1. The standard InChI is InChI=1S/C6H10N4.2ClH/c7-5-1-2-10-4-8-9-6(10)3-5;;/h4-5H,1-3,7H2;2*1H. The van der Waals surface area contributed by atoms with E-state index >= 15 is 0 Å². The van der Waals surface area contributed by atoms with Gasteiger partial charge in [0.2, 0.25) is 0 Å². The van der Waals surface area contributed by atoms with Crippen molar-refractivity contribution in [3.63, 3.8) is 0 Å². The smallest absolute Gasteiger partial charge is 0.134 e. The summed E-state index contributed by atoms with van der Waals surface area (Å²) in [7, 11) is 0. The van der Waals surface area contributed by atoms with E-state index in [1.165, 1.54) is 0 Å². The van der Waals surface area contributed by atoms with Crippen molar-refractivity contribution in [2.75, 3.05) is 0 Å². The van der Waals surface area contributed by atoms with Gasteiger partial charge in [0.1, 0.15) is 12.2 Å². The Bertz CT molecular complexity index is 237. The highest BCUT2D eigenvalue weighted by molar-refractivity contribution is 5.85. The molecular weight excluding hydrogens is 199 g/mol. The van der Waals surface area contributed by atoms with Gasteiger partial charge in [-0.05, 0) is 6.42 Å². The average Bonchev–Trinajstić information content (AvgIpc) is 2.33. The fourth-order valence-corrected chi connectivity index (χ4v) is 1.27. The van der Waals surface area contributed by atoms with E-state index in [1.54, 1.807) is 6.33 Å². The second-order valence-electron chi connectivity index (χ2n) is 2.69. The molecule has 2 heterocycles. The van der Waals surface area contributed by atoms with E-state index in [1.807, 2.05) is 0 Å². The molecule has 1 aromatic rings. The van der Waals surface area contributed by atoms with Crippen molar-refractivity contribution in [2.45, 2.75) is 25.4 Å². The first-order valence-electron chi connectivity index (χ1n) is 3.48. The lowest BCUT2D eigenvalue weighted by molar-refractivity contribution is 0.463. The number of halogens is 2. The van der Waals surface area contributed by atoms with Gasteiger partial charge in [0, 0.05) is 19.0 Å². The SMILES string of the molecule is Cl.Cl.NC1CCn2cnnc2C1. The number of hydrogen-bond acceptors (Lipinski definition) is 3. The van der Waals surface area contributed by atoms with Crippen molar-refractivity contribution in [1.82, 2.24) is 14.8 Å². The van der Waals surface area contributed by atoms with E-state index in [2.05, 4.69) is 14.8 Å². The molecule has 0 aliphatic carbocycles. The summed E-state index contributed by atoms with van der Waals surface area (Å²) in [5.41, 5.74) is 5.73. The van der Waals surface area contributed by atoms with Crippen LogP contribution >= 0.6 is 24.8 Å². The van der Waals surface area contributed by atoms with Crippen LogP contribution in [-0.4, -0.2) is 20.8 Å². The minimum atomic E-state index is 0. The first-order chi connectivity index (χ1) is 4.86. The number of rotatable bonds is 0. The third-order valence-electron chi connectivity index (χ3n) is 1.88. The number of fused-ring (bicyclic) bond motifs is 1. The molecule has 2 rings (SSSR count). The van der Waals surface area contributed by atoms with Crippen LogP contribution in [0.2, 0.25) is 0 Å². The van der Waals surface area contributed by atoms with Crippen LogP contribution in [0.5, 0.6) is 0 Å². The minimum Gasteiger partial charge on any atom is -0.327 e. The fourth-order valence-electron chi connectivity index (χ4n) is 1.27. The third-order valence-corrected chi connectivity index (χ3v) is 1.88. The van der Waals surface area contributed by atoms with Crippen LogP contribution in [0.4, 0.5) is 0 Å². The molecule has 0 radical (unpaired) electrons. The van der Waals surface area contributed by atoms with E-state index in [0.29, 0.717) is 0 Å². The second-order valence-corrected chi connectivity index (χ2v) is 2.69. The molecule has 0 fully saturated rings. The Morgan fingerprint density at radius 2 is 2.25 bits per heavy atom. The van der Waals surface area contributed by atoms with Crippen LogP contribution < -0.4 is 5.73 Å². The molecule has 0 amide bonds. The zero-order valence-corrected chi connectivity index (χ0v) is 8.14. The summed E-state index contributed by atoms with van der Waals surface area (Å²) < 4.78 is 2.06. The van der Waals surface area contributed by atoms with Crippen LogP contribution in [-0.2, 0) is 13.0 Å². The molecule has 1 aromatic heterocycles. The van der Waals surface area contributed by atoms with Gasteiger partial charge >= 0.3 is 0 Å². The summed E-state index contributed by atoms with van der Waals surface area (Å²) >= 11 is 0. The summed E-state index contributed by atoms with van der Waals surface area (Å²) in [5, 5.41) is 7.74. The van der Waals surface area contributed by atoms with Crippen molar-refractivity contribution >= 4 is 24.8 Å². The highest BCUT2D eigenvalue weighted by atomic mass is 35.5. The van der Waals surface area contributed by atoms with E-state index in [-0.39, 0.29) is 30.9 Å². The van der Waals surface area contributed by atoms with Gasteiger partial charge in [-0.3, -0.25) is 0 Å². The quantitative estimate of drug-likeness (QED) is 0.675. The molecule has 70 valence electrons. The molecule has 1 aliphatic heterocycles. The van der Waals surface area contributed by atoms with Gasteiger partial charge in [-0.1, -0.05) is 0 Å². The van der Waals surface area contributed by atoms with Crippen molar-refractivity contribution < 1.29 is 0 Å². The summed E-state index contributed by atoms with van der Waals surface area (Å²) in [6.45, 7) is 0.976. The number of aromatic nitrogens is 3. The van der Waals surface area contributed by atoms with Gasteiger partial charge in [0.05, 0.1) is 0 Å². The Kier molecular flexibility index (Phi) is 4.52. The number of aryl methyl sites for hydroxylation is 1. The molecule has 0 saturated heterocycles. The van der Waals surface area contributed by atoms with E-state index in [0.717, 1.165) is 25.2 Å². The molecule has 0 aromatic carbocycles. The lowest BCUT2D eigenvalue weighted by atomic mass is 10.1. The van der Waals surface area contributed by atoms with Crippen LogP contribution in [0, 0.1) is 0 Å². The lowest BCUT2D eigenvalue weighted by Gasteiger charge is -2.17. The second kappa shape index (κ2) is 4.64.